The number of aliphatic hydroxyl groups excluding tert-OH is 1. The first-order chi connectivity index (χ1) is 17.2. The second-order valence-electron chi connectivity index (χ2n) is 11.0. The topological polar surface area (TPSA) is 128 Å². The van der Waals surface area contributed by atoms with Gasteiger partial charge in [0.1, 0.15) is 23.4 Å². The van der Waals surface area contributed by atoms with Gasteiger partial charge in [-0.1, -0.05) is 33.3 Å². The van der Waals surface area contributed by atoms with Gasteiger partial charge in [0.25, 0.3) is 0 Å². The Morgan fingerprint density at radius 1 is 1.11 bits per heavy atom. The molecule has 9 heteroatoms. The predicted octanol–water partition coefficient (Wildman–Crippen LogP) is 4.20. The maximum absolute atomic E-state index is 13.9. The number of nitrogens with one attached hydrogen (secondary N) is 2. The van der Waals surface area contributed by atoms with Crippen LogP contribution in [-0.2, 0) is 14.3 Å². The third-order valence-corrected chi connectivity index (χ3v) is 5.96. The Morgan fingerprint density at radius 3 is 2.27 bits per heavy atom. The summed E-state index contributed by atoms with van der Waals surface area (Å²) in [6, 6.07) is 2.09. The molecule has 0 spiro atoms. The first kappa shape index (κ1) is 32.2. The number of benzene rings is 1. The van der Waals surface area contributed by atoms with Crippen molar-refractivity contribution >= 4 is 17.9 Å². The average molecular weight is 522 g/mol. The molecule has 1 aromatic carbocycles. The van der Waals surface area contributed by atoms with Gasteiger partial charge < -0.3 is 30.5 Å². The number of aliphatic hydroxyl groups is 1. The molecule has 0 aromatic heterocycles. The van der Waals surface area contributed by atoms with Crippen LogP contribution in [0.3, 0.4) is 0 Å². The lowest BCUT2D eigenvalue weighted by atomic mass is 9.96. The van der Waals surface area contributed by atoms with Gasteiger partial charge in [0.15, 0.2) is 0 Å². The number of aryl methyl sites for hydroxylation is 1. The van der Waals surface area contributed by atoms with Crippen LogP contribution in [0.4, 0.5) is 4.79 Å². The molecule has 210 valence electrons. The number of nitrogens with zero attached hydrogens (tertiary/aromatic N) is 1. The molecule has 3 atom stereocenters. The van der Waals surface area contributed by atoms with Crippen LogP contribution < -0.4 is 10.6 Å². The van der Waals surface area contributed by atoms with Crippen LogP contribution >= 0.6 is 0 Å². The lowest BCUT2D eigenvalue weighted by Gasteiger charge is -2.38. The number of unbranched alkanes of at least 4 members (excludes halogenated alkanes) is 1. The first-order valence-corrected chi connectivity index (χ1v) is 13.2. The number of ether oxygens (including phenoxy) is 1. The van der Waals surface area contributed by atoms with Crippen molar-refractivity contribution in [3.63, 3.8) is 0 Å². The Labute approximate surface area is 222 Å². The van der Waals surface area contributed by atoms with Gasteiger partial charge in [0.05, 0.1) is 6.61 Å². The number of carbonyl (C=O) groups is 3. The molecule has 3 unspecified atom stereocenters. The monoisotopic (exact) mass is 521 g/mol. The van der Waals surface area contributed by atoms with Gasteiger partial charge in [-0.3, -0.25) is 9.59 Å². The quantitative estimate of drug-likeness (QED) is 0.288. The summed E-state index contributed by atoms with van der Waals surface area (Å²) in [5.74, 6) is -0.497. The third kappa shape index (κ3) is 10.6. The first-order valence-electron chi connectivity index (χ1n) is 13.2. The molecule has 0 fully saturated rings. The van der Waals surface area contributed by atoms with Crippen LogP contribution in [0.25, 0.3) is 0 Å². The summed E-state index contributed by atoms with van der Waals surface area (Å²) in [4.78, 5) is 41.4. The molecule has 1 rings (SSSR count). The summed E-state index contributed by atoms with van der Waals surface area (Å²) in [6.07, 6.45) is 2.27. The highest BCUT2D eigenvalue weighted by atomic mass is 16.6. The van der Waals surface area contributed by atoms with E-state index in [9.17, 15) is 24.6 Å². The van der Waals surface area contributed by atoms with Gasteiger partial charge in [-0.2, -0.15) is 0 Å². The molecule has 0 bridgehead atoms. The van der Waals surface area contributed by atoms with Crippen molar-refractivity contribution in [1.82, 2.24) is 15.5 Å². The van der Waals surface area contributed by atoms with Gasteiger partial charge in [-0.05, 0) is 83.1 Å². The van der Waals surface area contributed by atoms with Crippen molar-refractivity contribution in [2.24, 2.45) is 5.92 Å². The summed E-state index contributed by atoms with van der Waals surface area (Å²) >= 11 is 0. The van der Waals surface area contributed by atoms with E-state index in [4.69, 9.17) is 4.74 Å². The Hall–Kier alpha value is -2.81. The van der Waals surface area contributed by atoms with Crippen molar-refractivity contribution in [3.05, 3.63) is 29.3 Å². The molecular weight excluding hydrogens is 474 g/mol. The molecule has 0 aliphatic carbocycles. The van der Waals surface area contributed by atoms with Crippen LogP contribution in [0.2, 0.25) is 0 Å². The number of hydrogen-bond donors (Lipinski definition) is 4. The minimum Gasteiger partial charge on any atom is -0.508 e. The van der Waals surface area contributed by atoms with E-state index in [0.29, 0.717) is 30.0 Å². The molecular formula is C28H47N3O6. The molecule has 3 amide bonds. The van der Waals surface area contributed by atoms with Crippen LogP contribution in [0.15, 0.2) is 18.2 Å². The zero-order chi connectivity index (χ0) is 28.3. The fourth-order valence-electron chi connectivity index (χ4n) is 3.90. The van der Waals surface area contributed by atoms with Crippen molar-refractivity contribution in [1.29, 1.82) is 0 Å². The SMILES string of the molecule is CCCCNC(=O)C(c1ccc(O)c(C)c1)N(C(=O)C(CO)NC(=O)OC(C)(C)C)C(C)CCC(C)C. The van der Waals surface area contributed by atoms with E-state index in [1.807, 2.05) is 13.8 Å². The largest absolute Gasteiger partial charge is 0.508 e. The van der Waals surface area contributed by atoms with Crippen LogP contribution in [0.5, 0.6) is 5.75 Å². The van der Waals surface area contributed by atoms with E-state index >= 15 is 0 Å². The summed E-state index contributed by atoms with van der Waals surface area (Å²) in [7, 11) is 0. The van der Waals surface area contributed by atoms with Crippen molar-refractivity contribution < 1.29 is 29.3 Å². The van der Waals surface area contributed by atoms with E-state index < -0.39 is 36.3 Å². The maximum atomic E-state index is 13.9. The van der Waals surface area contributed by atoms with Gasteiger partial charge in [-0.15, -0.1) is 0 Å². The summed E-state index contributed by atoms with van der Waals surface area (Å²) in [6.45, 7) is 14.7. The van der Waals surface area contributed by atoms with Crippen molar-refractivity contribution in [2.75, 3.05) is 13.2 Å². The van der Waals surface area contributed by atoms with E-state index in [2.05, 4.69) is 24.5 Å². The smallest absolute Gasteiger partial charge is 0.408 e. The lowest BCUT2D eigenvalue weighted by molar-refractivity contribution is -0.146. The fraction of sp³-hybridized carbons (Fsp3) is 0.679. The number of carbonyl (C=O) groups excluding carboxylic acids is 3. The van der Waals surface area contributed by atoms with Crippen LogP contribution in [-0.4, -0.2) is 63.9 Å². The zero-order valence-electron chi connectivity index (χ0n) is 23.8. The molecule has 37 heavy (non-hydrogen) atoms. The number of phenolic OH excluding ortho intramolecular Hbond substituents is 1. The highest BCUT2D eigenvalue weighted by Gasteiger charge is 2.38. The lowest BCUT2D eigenvalue weighted by Crippen LogP contribution is -2.56. The summed E-state index contributed by atoms with van der Waals surface area (Å²) in [5, 5.41) is 25.6. The number of aromatic hydroxyl groups is 1. The molecule has 4 N–H and O–H groups in total. The molecule has 0 saturated heterocycles. The predicted molar refractivity (Wildman–Crippen MR) is 144 cm³/mol. The Balaban J connectivity index is 3.53. The highest BCUT2D eigenvalue weighted by molar-refractivity contribution is 5.92. The molecule has 0 radical (unpaired) electrons. The second kappa shape index (κ2) is 14.8. The molecule has 0 heterocycles. The van der Waals surface area contributed by atoms with Gasteiger partial charge in [0, 0.05) is 12.6 Å². The standard InChI is InChI=1S/C28H47N3O6/c1-9-10-15-29-25(34)24(21-13-14-23(33)19(4)16-21)31(20(5)12-11-18(2)3)26(35)22(17-32)30-27(36)37-28(6,7)8/h13-14,16,18,20,22,24,32-33H,9-12,15,17H2,1-8H3,(H,29,34)(H,30,36). The molecule has 0 aliphatic heterocycles. The van der Waals surface area contributed by atoms with Crippen molar-refractivity contribution in [2.45, 2.75) is 105 Å². The third-order valence-electron chi connectivity index (χ3n) is 5.96. The Kier molecular flexibility index (Phi) is 12.9. The van der Waals surface area contributed by atoms with Crippen LogP contribution in [0, 0.1) is 12.8 Å². The number of phenols is 1. The van der Waals surface area contributed by atoms with Gasteiger partial charge >= 0.3 is 6.09 Å². The number of hydrogen-bond acceptors (Lipinski definition) is 6. The molecule has 9 nitrogen and oxygen atoms in total. The number of rotatable bonds is 13. The minimum absolute atomic E-state index is 0.0828. The molecule has 1 aromatic rings. The molecule has 0 aliphatic rings. The Bertz CT molecular complexity index is 896. The summed E-state index contributed by atoms with van der Waals surface area (Å²) < 4.78 is 5.29. The average Bonchev–Trinajstić information content (AvgIpc) is 2.79. The minimum atomic E-state index is -1.31. The van der Waals surface area contributed by atoms with Crippen molar-refractivity contribution in [3.8, 4) is 5.75 Å². The van der Waals surface area contributed by atoms with E-state index in [1.165, 1.54) is 11.0 Å². The second-order valence-corrected chi connectivity index (χ2v) is 11.0. The fourth-order valence-corrected chi connectivity index (χ4v) is 3.90. The van der Waals surface area contributed by atoms with Crippen LogP contribution in [0.1, 0.15) is 91.3 Å². The van der Waals surface area contributed by atoms with E-state index in [1.54, 1.807) is 39.8 Å². The zero-order valence-corrected chi connectivity index (χ0v) is 23.8. The van der Waals surface area contributed by atoms with E-state index in [-0.39, 0.29) is 17.7 Å². The summed E-state index contributed by atoms with van der Waals surface area (Å²) in [5.41, 5.74) is 0.308. The van der Waals surface area contributed by atoms with Gasteiger partial charge in [-0.25, -0.2) is 4.79 Å². The normalized spacial score (nSPS) is 14.0. The molecule has 0 saturated carbocycles. The highest BCUT2D eigenvalue weighted by Crippen LogP contribution is 2.30. The van der Waals surface area contributed by atoms with E-state index in [0.717, 1.165) is 19.3 Å². The van der Waals surface area contributed by atoms with Gasteiger partial charge in [0.2, 0.25) is 11.8 Å². The Morgan fingerprint density at radius 2 is 1.76 bits per heavy atom. The maximum Gasteiger partial charge on any atom is 0.408 e. The number of amides is 3. The number of alkyl carbamates (subject to hydrolysis) is 1.